The molecule has 0 radical (unpaired) electrons. The second kappa shape index (κ2) is 2.70. The highest BCUT2D eigenvalue weighted by Gasteiger charge is 2.25. The van der Waals surface area contributed by atoms with Gasteiger partial charge in [0.25, 0.3) is 0 Å². The second-order valence-electron chi connectivity index (χ2n) is 2.99. The molecule has 0 saturated heterocycles. The van der Waals surface area contributed by atoms with Crippen molar-refractivity contribution in [2.75, 3.05) is 7.11 Å². The van der Waals surface area contributed by atoms with Crippen LogP contribution in [-0.2, 0) is 21.3 Å². The van der Waals surface area contributed by atoms with E-state index in [1.54, 1.807) is 12.1 Å². The molecule has 1 aliphatic heterocycles. The summed E-state index contributed by atoms with van der Waals surface area (Å²) < 4.78 is 27.3. The lowest BCUT2D eigenvalue weighted by molar-refractivity contribution is 0.396. The zero-order valence-electron chi connectivity index (χ0n) is 7.15. The van der Waals surface area contributed by atoms with Crippen molar-refractivity contribution in [2.45, 2.75) is 11.5 Å². The molecule has 0 saturated carbocycles. The van der Waals surface area contributed by atoms with E-state index in [0.717, 1.165) is 5.56 Å². The predicted molar refractivity (Wildman–Crippen MR) is 47.1 cm³/mol. The minimum absolute atomic E-state index is 0.0412. The molecule has 1 aromatic rings. The Morgan fingerprint density at radius 1 is 1.38 bits per heavy atom. The van der Waals surface area contributed by atoms with E-state index in [9.17, 15) is 8.42 Å². The molecule has 0 amide bonds. The lowest BCUT2D eigenvalue weighted by Crippen LogP contribution is -1.96. The van der Waals surface area contributed by atoms with Gasteiger partial charge in [0.1, 0.15) is 0 Å². The number of rotatable bonds is 1. The van der Waals surface area contributed by atoms with Crippen LogP contribution in [0.4, 0.5) is 0 Å². The molecule has 0 unspecified atom stereocenters. The molecular formula is C8H9NO3S. The molecule has 70 valence electrons. The second-order valence-corrected chi connectivity index (χ2v) is 5.06. The van der Waals surface area contributed by atoms with Gasteiger partial charge >= 0.3 is 0 Å². The zero-order chi connectivity index (χ0) is 9.47. The fourth-order valence-corrected chi connectivity index (χ4v) is 2.88. The highest BCUT2D eigenvalue weighted by atomic mass is 32.2. The van der Waals surface area contributed by atoms with E-state index in [2.05, 4.69) is 4.98 Å². The molecule has 5 heteroatoms. The molecule has 0 aliphatic carbocycles. The first-order chi connectivity index (χ1) is 6.11. The van der Waals surface area contributed by atoms with Crippen LogP contribution in [0.3, 0.4) is 0 Å². The van der Waals surface area contributed by atoms with Crippen LogP contribution in [0.1, 0.15) is 11.3 Å². The van der Waals surface area contributed by atoms with Crippen LogP contribution in [0.25, 0.3) is 0 Å². The third-order valence-corrected chi connectivity index (χ3v) is 3.45. The van der Waals surface area contributed by atoms with Crippen LogP contribution in [0.2, 0.25) is 0 Å². The van der Waals surface area contributed by atoms with E-state index >= 15 is 0 Å². The molecule has 0 bridgehead atoms. The lowest BCUT2D eigenvalue weighted by atomic mass is 10.2. The summed E-state index contributed by atoms with van der Waals surface area (Å²) in [6, 6.07) is 3.44. The third-order valence-electron chi connectivity index (χ3n) is 1.98. The minimum Gasteiger partial charge on any atom is -0.481 e. The van der Waals surface area contributed by atoms with Crippen molar-refractivity contribution in [3.63, 3.8) is 0 Å². The van der Waals surface area contributed by atoms with Crippen LogP contribution in [0, 0.1) is 0 Å². The van der Waals surface area contributed by atoms with Gasteiger partial charge in [0, 0.05) is 6.07 Å². The quantitative estimate of drug-likeness (QED) is 0.661. The van der Waals surface area contributed by atoms with Crippen molar-refractivity contribution >= 4 is 9.84 Å². The topological polar surface area (TPSA) is 56.3 Å². The van der Waals surface area contributed by atoms with E-state index in [4.69, 9.17) is 4.74 Å². The number of fused-ring (bicyclic) bond motifs is 1. The number of aromatic nitrogens is 1. The van der Waals surface area contributed by atoms with Crippen LogP contribution >= 0.6 is 0 Å². The highest BCUT2D eigenvalue weighted by molar-refractivity contribution is 7.90. The van der Waals surface area contributed by atoms with E-state index < -0.39 is 9.84 Å². The predicted octanol–water partition coefficient (Wildman–Crippen LogP) is 0.519. The normalized spacial score (nSPS) is 18.2. The molecule has 0 N–H and O–H groups in total. The number of hydrogen-bond acceptors (Lipinski definition) is 4. The SMILES string of the molecule is COc1ccc2c(n1)CS(=O)(=O)C2. The first-order valence-corrected chi connectivity index (χ1v) is 5.66. The summed E-state index contributed by atoms with van der Waals surface area (Å²) in [6.07, 6.45) is 0. The molecular weight excluding hydrogens is 190 g/mol. The van der Waals surface area contributed by atoms with E-state index in [1.165, 1.54) is 7.11 Å². The number of nitrogens with zero attached hydrogens (tertiary/aromatic N) is 1. The fourth-order valence-electron chi connectivity index (χ4n) is 1.38. The van der Waals surface area contributed by atoms with Crippen molar-refractivity contribution in [1.82, 2.24) is 4.98 Å². The van der Waals surface area contributed by atoms with Gasteiger partial charge < -0.3 is 4.74 Å². The van der Waals surface area contributed by atoms with E-state index in [0.29, 0.717) is 11.6 Å². The van der Waals surface area contributed by atoms with Gasteiger partial charge in [0.15, 0.2) is 9.84 Å². The Hall–Kier alpha value is -1.10. The Morgan fingerprint density at radius 2 is 2.15 bits per heavy atom. The Kier molecular flexibility index (Phi) is 1.76. The fraction of sp³-hybridized carbons (Fsp3) is 0.375. The third kappa shape index (κ3) is 1.51. The summed E-state index contributed by atoms with van der Waals surface area (Å²) in [5.74, 6) is 0.620. The zero-order valence-corrected chi connectivity index (χ0v) is 7.97. The number of hydrogen-bond donors (Lipinski definition) is 0. The average molecular weight is 199 g/mol. The molecule has 13 heavy (non-hydrogen) atoms. The first-order valence-electron chi connectivity index (χ1n) is 3.84. The molecule has 1 aliphatic rings. The number of ether oxygens (including phenoxy) is 1. The molecule has 1 aromatic heterocycles. The molecule has 0 spiro atoms. The van der Waals surface area contributed by atoms with Gasteiger partial charge in [-0.3, -0.25) is 0 Å². The maximum absolute atomic E-state index is 11.2. The molecule has 0 aromatic carbocycles. The molecule has 2 heterocycles. The Bertz CT molecular complexity index is 439. The average Bonchev–Trinajstić information content (AvgIpc) is 2.36. The van der Waals surface area contributed by atoms with Crippen molar-refractivity contribution in [3.8, 4) is 5.88 Å². The Balaban J connectivity index is 2.47. The Morgan fingerprint density at radius 3 is 2.85 bits per heavy atom. The van der Waals surface area contributed by atoms with Crippen molar-refractivity contribution in [2.24, 2.45) is 0 Å². The van der Waals surface area contributed by atoms with Crippen molar-refractivity contribution in [3.05, 3.63) is 23.4 Å². The molecule has 0 atom stereocenters. The summed E-state index contributed by atoms with van der Waals surface area (Å²) >= 11 is 0. The van der Waals surface area contributed by atoms with Gasteiger partial charge in [0.05, 0.1) is 24.3 Å². The molecule has 4 nitrogen and oxygen atoms in total. The number of methoxy groups -OCH3 is 1. The first kappa shape index (κ1) is 8.50. The van der Waals surface area contributed by atoms with Crippen LogP contribution < -0.4 is 4.74 Å². The molecule has 0 fully saturated rings. The van der Waals surface area contributed by atoms with E-state index in [-0.39, 0.29) is 11.5 Å². The van der Waals surface area contributed by atoms with E-state index in [1.807, 2.05) is 0 Å². The summed E-state index contributed by atoms with van der Waals surface area (Å²) in [5, 5.41) is 0. The minimum atomic E-state index is -2.95. The monoisotopic (exact) mass is 199 g/mol. The number of pyridine rings is 1. The Labute approximate surface area is 76.5 Å². The summed E-state index contributed by atoms with van der Waals surface area (Å²) in [4.78, 5) is 4.07. The van der Waals surface area contributed by atoms with Crippen molar-refractivity contribution < 1.29 is 13.2 Å². The summed E-state index contributed by atoms with van der Waals surface area (Å²) in [6.45, 7) is 0. The maximum Gasteiger partial charge on any atom is 0.213 e. The van der Waals surface area contributed by atoms with Gasteiger partial charge in [0.2, 0.25) is 5.88 Å². The lowest BCUT2D eigenvalue weighted by Gasteiger charge is -1.99. The van der Waals surface area contributed by atoms with Gasteiger partial charge in [-0.05, 0) is 5.56 Å². The van der Waals surface area contributed by atoms with Crippen LogP contribution in [0.15, 0.2) is 12.1 Å². The molecule has 2 rings (SSSR count). The summed E-state index contributed by atoms with van der Waals surface area (Å²) in [5.41, 5.74) is 1.42. The van der Waals surface area contributed by atoms with Gasteiger partial charge in [-0.2, -0.15) is 0 Å². The number of sulfone groups is 1. The smallest absolute Gasteiger partial charge is 0.213 e. The van der Waals surface area contributed by atoms with Gasteiger partial charge in [-0.25, -0.2) is 13.4 Å². The van der Waals surface area contributed by atoms with Gasteiger partial charge in [-0.15, -0.1) is 0 Å². The standard InChI is InChI=1S/C8H9NO3S/c1-12-8-3-2-6-4-13(10,11)5-7(6)9-8/h2-3H,4-5H2,1H3. The maximum atomic E-state index is 11.2. The van der Waals surface area contributed by atoms with Crippen LogP contribution in [-0.4, -0.2) is 20.5 Å². The highest BCUT2D eigenvalue weighted by Crippen LogP contribution is 2.24. The summed E-state index contributed by atoms with van der Waals surface area (Å²) in [7, 11) is -1.44. The van der Waals surface area contributed by atoms with Crippen molar-refractivity contribution in [1.29, 1.82) is 0 Å². The van der Waals surface area contributed by atoms with Crippen LogP contribution in [0.5, 0.6) is 5.88 Å². The largest absolute Gasteiger partial charge is 0.481 e. The van der Waals surface area contributed by atoms with Gasteiger partial charge in [-0.1, -0.05) is 6.07 Å².